The van der Waals surface area contributed by atoms with E-state index >= 15 is 0 Å². The van der Waals surface area contributed by atoms with Crippen molar-refractivity contribution in [2.24, 2.45) is 0 Å². The van der Waals surface area contributed by atoms with Gasteiger partial charge in [-0.25, -0.2) is 0 Å². The lowest BCUT2D eigenvalue weighted by molar-refractivity contribution is 0.0655. The van der Waals surface area contributed by atoms with Crippen molar-refractivity contribution in [3.05, 3.63) is 47.0 Å². The smallest absolute Gasteiger partial charge is 0.261 e. The van der Waals surface area contributed by atoms with E-state index in [1.165, 1.54) is 23.3 Å². The largest absolute Gasteiger partial charge is 0.274 e. The summed E-state index contributed by atoms with van der Waals surface area (Å²) in [6.45, 7) is 0.481. The Morgan fingerprint density at radius 3 is 2.32 bits per heavy atom. The van der Waals surface area contributed by atoms with Gasteiger partial charge in [-0.1, -0.05) is 17.7 Å². The van der Waals surface area contributed by atoms with E-state index in [-0.39, 0.29) is 11.8 Å². The van der Waals surface area contributed by atoms with Crippen molar-refractivity contribution in [1.29, 1.82) is 0 Å². The molecule has 3 nitrogen and oxygen atoms in total. The van der Waals surface area contributed by atoms with Gasteiger partial charge >= 0.3 is 0 Å². The van der Waals surface area contributed by atoms with Gasteiger partial charge in [0.2, 0.25) is 0 Å². The molecule has 0 N–H and O–H groups in total. The highest BCUT2D eigenvalue weighted by Crippen LogP contribution is 2.25. The Labute approximate surface area is 112 Å². The average molecular weight is 254 g/mol. The van der Waals surface area contributed by atoms with E-state index in [0.29, 0.717) is 17.7 Å². The molecule has 0 saturated carbocycles. The maximum absolute atomic E-state index is 12.2. The predicted molar refractivity (Wildman–Crippen MR) is 71.7 cm³/mol. The number of imide groups is 1. The number of carbonyl (C=O) groups is 2. The fourth-order valence-electron chi connectivity index (χ4n) is 2.72. The van der Waals surface area contributed by atoms with E-state index in [2.05, 4.69) is 6.08 Å². The highest BCUT2D eigenvalue weighted by atomic mass is 16.2. The van der Waals surface area contributed by atoms with E-state index < -0.39 is 0 Å². The molecule has 0 bridgehead atoms. The van der Waals surface area contributed by atoms with Crippen molar-refractivity contribution in [3.8, 4) is 0 Å². The van der Waals surface area contributed by atoms with Crippen LogP contribution >= 0.6 is 0 Å². The molecular formula is C16H16NO2. The van der Waals surface area contributed by atoms with E-state index in [0.717, 1.165) is 19.3 Å². The van der Waals surface area contributed by atoms with Crippen LogP contribution in [0.2, 0.25) is 0 Å². The number of rotatable bonds is 3. The second-order valence-electron chi connectivity index (χ2n) is 5.04. The third-order valence-corrected chi connectivity index (χ3v) is 3.80. The first-order valence-corrected chi connectivity index (χ1v) is 6.81. The van der Waals surface area contributed by atoms with Crippen molar-refractivity contribution >= 4 is 11.8 Å². The van der Waals surface area contributed by atoms with Gasteiger partial charge in [0.05, 0.1) is 11.1 Å². The van der Waals surface area contributed by atoms with Gasteiger partial charge in [-0.05, 0) is 50.3 Å². The number of amides is 2. The van der Waals surface area contributed by atoms with Gasteiger partial charge < -0.3 is 0 Å². The highest BCUT2D eigenvalue weighted by molar-refractivity contribution is 6.21. The Morgan fingerprint density at radius 1 is 1.05 bits per heavy atom. The minimum absolute atomic E-state index is 0.156. The summed E-state index contributed by atoms with van der Waals surface area (Å²) in [6.07, 6.45) is 8.60. The number of hydrogen-bond donors (Lipinski definition) is 0. The molecule has 3 rings (SSSR count). The van der Waals surface area contributed by atoms with Crippen LogP contribution in [0, 0.1) is 6.08 Å². The van der Waals surface area contributed by atoms with Crippen LogP contribution in [0.15, 0.2) is 29.8 Å². The summed E-state index contributed by atoms with van der Waals surface area (Å²) in [6, 6.07) is 7.04. The fraction of sp³-hybridized carbons (Fsp3) is 0.375. The van der Waals surface area contributed by atoms with E-state index in [4.69, 9.17) is 0 Å². The Bertz CT molecular complexity index is 525. The molecule has 1 heterocycles. The fourth-order valence-corrected chi connectivity index (χ4v) is 2.72. The number of fused-ring (bicyclic) bond motifs is 1. The third kappa shape index (κ3) is 2.21. The maximum Gasteiger partial charge on any atom is 0.261 e. The average Bonchev–Trinajstić information content (AvgIpc) is 2.71. The van der Waals surface area contributed by atoms with Gasteiger partial charge in [0, 0.05) is 6.54 Å². The van der Waals surface area contributed by atoms with Crippen LogP contribution in [0.25, 0.3) is 0 Å². The third-order valence-electron chi connectivity index (χ3n) is 3.80. The summed E-state index contributed by atoms with van der Waals surface area (Å²) in [7, 11) is 0. The molecule has 2 aliphatic rings. The molecule has 0 aromatic heterocycles. The predicted octanol–water partition coefficient (Wildman–Crippen LogP) is 2.98. The molecule has 19 heavy (non-hydrogen) atoms. The lowest BCUT2D eigenvalue weighted by atomic mass is 9.97. The number of benzene rings is 1. The van der Waals surface area contributed by atoms with E-state index in [1.807, 2.05) is 0 Å². The maximum atomic E-state index is 12.2. The van der Waals surface area contributed by atoms with Crippen molar-refractivity contribution < 1.29 is 9.59 Å². The quantitative estimate of drug-likeness (QED) is 0.778. The minimum atomic E-state index is -0.156. The topological polar surface area (TPSA) is 37.4 Å². The summed E-state index contributed by atoms with van der Waals surface area (Å²) >= 11 is 0. The standard InChI is InChI=1S/C16H16NO2/c18-15-13-8-4-5-9-14(13)16(19)17(15)11-10-12-6-2-1-3-7-12/h4-5,8-9H,1-3,6,10-11H2. The molecule has 1 aromatic rings. The molecule has 2 amide bonds. The number of allylic oxidation sites excluding steroid dienone is 1. The number of carbonyl (C=O) groups excluding carboxylic acids is 2. The molecule has 1 aromatic carbocycles. The zero-order valence-corrected chi connectivity index (χ0v) is 10.8. The summed E-state index contributed by atoms with van der Waals surface area (Å²) in [5.74, 6) is -0.311. The van der Waals surface area contributed by atoms with Gasteiger partial charge in [0.25, 0.3) is 11.8 Å². The first-order chi connectivity index (χ1) is 9.27. The first kappa shape index (κ1) is 12.2. The lowest BCUT2D eigenvalue weighted by Gasteiger charge is -2.17. The molecule has 1 radical (unpaired) electrons. The molecule has 0 fully saturated rings. The summed E-state index contributed by atoms with van der Waals surface area (Å²) in [4.78, 5) is 25.7. The van der Waals surface area contributed by atoms with Crippen LogP contribution in [-0.2, 0) is 0 Å². The van der Waals surface area contributed by atoms with Crippen LogP contribution in [0.4, 0.5) is 0 Å². The lowest BCUT2D eigenvalue weighted by Crippen LogP contribution is -2.31. The Hall–Kier alpha value is -1.90. The van der Waals surface area contributed by atoms with Crippen LogP contribution in [0.1, 0.15) is 52.8 Å². The van der Waals surface area contributed by atoms with E-state index in [9.17, 15) is 9.59 Å². The van der Waals surface area contributed by atoms with Crippen LogP contribution < -0.4 is 0 Å². The monoisotopic (exact) mass is 254 g/mol. The Morgan fingerprint density at radius 2 is 1.74 bits per heavy atom. The normalized spacial score (nSPS) is 18.5. The number of nitrogens with zero attached hydrogens (tertiary/aromatic N) is 1. The highest BCUT2D eigenvalue weighted by Gasteiger charge is 2.34. The molecule has 0 spiro atoms. The molecule has 0 unspecified atom stereocenters. The molecule has 3 heteroatoms. The van der Waals surface area contributed by atoms with Crippen molar-refractivity contribution in [2.45, 2.75) is 32.1 Å². The summed E-state index contributed by atoms with van der Waals surface area (Å²) < 4.78 is 0. The van der Waals surface area contributed by atoms with Gasteiger partial charge in [0.1, 0.15) is 0 Å². The first-order valence-electron chi connectivity index (χ1n) is 6.81. The molecule has 0 atom stereocenters. The zero-order chi connectivity index (χ0) is 13.2. The molecule has 97 valence electrons. The van der Waals surface area contributed by atoms with Gasteiger partial charge in [0.15, 0.2) is 0 Å². The number of hydrogen-bond acceptors (Lipinski definition) is 2. The van der Waals surface area contributed by atoms with Gasteiger partial charge in [-0.2, -0.15) is 0 Å². The summed E-state index contributed by atoms with van der Waals surface area (Å²) in [5, 5.41) is 0. The molecular weight excluding hydrogens is 238 g/mol. The minimum Gasteiger partial charge on any atom is -0.274 e. The Kier molecular flexibility index (Phi) is 3.20. The summed E-state index contributed by atoms with van der Waals surface area (Å²) in [5.41, 5.74) is 2.34. The van der Waals surface area contributed by atoms with Gasteiger partial charge in [-0.15, -0.1) is 0 Å². The van der Waals surface area contributed by atoms with Crippen LogP contribution in [0.5, 0.6) is 0 Å². The zero-order valence-electron chi connectivity index (χ0n) is 10.8. The van der Waals surface area contributed by atoms with Crippen LogP contribution in [0.3, 0.4) is 0 Å². The van der Waals surface area contributed by atoms with Gasteiger partial charge in [-0.3, -0.25) is 14.5 Å². The van der Waals surface area contributed by atoms with E-state index in [1.54, 1.807) is 24.3 Å². The van der Waals surface area contributed by atoms with Crippen LogP contribution in [-0.4, -0.2) is 23.3 Å². The molecule has 0 saturated heterocycles. The second kappa shape index (κ2) is 5.00. The second-order valence-corrected chi connectivity index (χ2v) is 5.04. The molecule has 1 aliphatic carbocycles. The van der Waals surface area contributed by atoms with Crippen molar-refractivity contribution in [1.82, 2.24) is 4.90 Å². The van der Waals surface area contributed by atoms with Crippen molar-refractivity contribution in [3.63, 3.8) is 0 Å². The SMILES string of the molecule is O=C1c2ccccc2C(=O)N1CCC1=[C]CCCC1. The molecule has 1 aliphatic heterocycles. The Balaban J connectivity index is 1.72. The van der Waals surface area contributed by atoms with Crippen molar-refractivity contribution in [2.75, 3.05) is 6.54 Å².